The van der Waals surface area contributed by atoms with E-state index in [1.165, 1.54) is 15.9 Å². The smallest absolute Gasteiger partial charge is 0.331 e. The van der Waals surface area contributed by atoms with Gasteiger partial charge in [0.15, 0.2) is 0 Å². The van der Waals surface area contributed by atoms with Gasteiger partial charge in [-0.15, -0.1) is 11.3 Å². The van der Waals surface area contributed by atoms with Gasteiger partial charge in [0.2, 0.25) is 5.91 Å². The monoisotopic (exact) mass is 377 g/mol. The molecule has 26 heavy (non-hydrogen) atoms. The number of nitrogens with one attached hydrogen (secondary N) is 1. The Bertz CT molecular complexity index is 888. The molecule has 1 amide bonds. The number of nitrogens with zero attached hydrogens (tertiary/aromatic N) is 2. The minimum Gasteiger partial charge on any atom is -0.356 e. The van der Waals surface area contributed by atoms with E-state index in [4.69, 9.17) is 0 Å². The minimum atomic E-state index is -0.216. The SMILES string of the molecule is CCCNC(=O)C1CCC(Cn2c(=O)c3sccc3n(CC)c2=O)CC1. The van der Waals surface area contributed by atoms with E-state index in [-0.39, 0.29) is 29.0 Å². The van der Waals surface area contributed by atoms with Gasteiger partial charge in [0.1, 0.15) is 4.70 Å². The van der Waals surface area contributed by atoms with E-state index in [2.05, 4.69) is 5.32 Å². The van der Waals surface area contributed by atoms with Gasteiger partial charge < -0.3 is 5.32 Å². The van der Waals surface area contributed by atoms with Crippen LogP contribution in [-0.2, 0) is 17.9 Å². The summed E-state index contributed by atoms with van der Waals surface area (Å²) in [5.74, 6) is 0.496. The highest BCUT2D eigenvalue weighted by molar-refractivity contribution is 7.17. The fourth-order valence-electron chi connectivity index (χ4n) is 3.86. The molecule has 2 aromatic heterocycles. The molecule has 0 saturated heterocycles. The molecule has 0 radical (unpaired) electrons. The maximum atomic E-state index is 12.8. The summed E-state index contributed by atoms with van der Waals surface area (Å²) in [4.78, 5) is 37.6. The van der Waals surface area contributed by atoms with E-state index in [0.29, 0.717) is 17.8 Å². The van der Waals surface area contributed by atoms with Crippen LogP contribution in [0, 0.1) is 11.8 Å². The third kappa shape index (κ3) is 3.63. The van der Waals surface area contributed by atoms with E-state index >= 15 is 0 Å². The molecular formula is C19H27N3O3S. The van der Waals surface area contributed by atoms with Crippen LogP contribution in [0.3, 0.4) is 0 Å². The quantitative estimate of drug-likeness (QED) is 0.841. The fraction of sp³-hybridized carbons (Fsp3) is 0.632. The summed E-state index contributed by atoms with van der Waals surface area (Å²) in [7, 11) is 0. The Morgan fingerprint density at radius 1 is 1.19 bits per heavy atom. The van der Waals surface area contributed by atoms with Gasteiger partial charge in [-0.2, -0.15) is 0 Å². The Balaban J connectivity index is 1.74. The second-order valence-electron chi connectivity index (χ2n) is 7.09. The van der Waals surface area contributed by atoms with Crippen molar-refractivity contribution < 1.29 is 4.79 Å². The minimum absolute atomic E-state index is 0.0709. The van der Waals surface area contributed by atoms with Crippen LogP contribution in [0.4, 0.5) is 0 Å². The summed E-state index contributed by atoms with van der Waals surface area (Å²) in [6, 6.07) is 1.84. The molecule has 7 heteroatoms. The summed E-state index contributed by atoms with van der Waals surface area (Å²) < 4.78 is 3.74. The zero-order valence-corrected chi connectivity index (χ0v) is 16.3. The molecule has 6 nitrogen and oxygen atoms in total. The number of aryl methyl sites for hydroxylation is 1. The maximum Gasteiger partial charge on any atom is 0.331 e. The Morgan fingerprint density at radius 2 is 1.92 bits per heavy atom. The van der Waals surface area contributed by atoms with Crippen LogP contribution < -0.4 is 16.6 Å². The van der Waals surface area contributed by atoms with Crippen molar-refractivity contribution in [3.63, 3.8) is 0 Å². The molecule has 0 atom stereocenters. The molecule has 3 rings (SSSR count). The third-order valence-electron chi connectivity index (χ3n) is 5.36. The van der Waals surface area contributed by atoms with Gasteiger partial charge in [0.05, 0.1) is 5.52 Å². The number of hydrogen-bond donors (Lipinski definition) is 1. The average Bonchev–Trinajstić information content (AvgIpc) is 3.14. The number of carbonyl (C=O) groups excluding carboxylic acids is 1. The van der Waals surface area contributed by atoms with Crippen LogP contribution in [0.5, 0.6) is 0 Å². The van der Waals surface area contributed by atoms with Gasteiger partial charge in [-0.05, 0) is 56.4 Å². The molecule has 0 spiro atoms. The van der Waals surface area contributed by atoms with Crippen molar-refractivity contribution in [3.05, 3.63) is 32.3 Å². The Morgan fingerprint density at radius 3 is 2.58 bits per heavy atom. The van der Waals surface area contributed by atoms with Gasteiger partial charge in [-0.25, -0.2) is 4.79 Å². The van der Waals surface area contributed by atoms with E-state index in [1.807, 2.05) is 25.3 Å². The van der Waals surface area contributed by atoms with Crippen LogP contribution in [0.15, 0.2) is 21.0 Å². The molecule has 0 bridgehead atoms. The maximum absolute atomic E-state index is 12.8. The molecule has 1 aliphatic rings. The number of amides is 1. The highest BCUT2D eigenvalue weighted by Gasteiger charge is 2.27. The summed E-state index contributed by atoms with van der Waals surface area (Å²) in [6.45, 7) is 5.70. The molecule has 0 aromatic carbocycles. The van der Waals surface area contributed by atoms with Crippen LogP contribution in [0.25, 0.3) is 10.2 Å². The lowest BCUT2D eigenvalue weighted by Gasteiger charge is -2.28. The van der Waals surface area contributed by atoms with Crippen molar-refractivity contribution in [2.45, 2.75) is 59.0 Å². The molecule has 2 heterocycles. The van der Waals surface area contributed by atoms with E-state index in [9.17, 15) is 14.4 Å². The van der Waals surface area contributed by atoms with Crippen LogP contribution in [-0.4, -0.2) is 21.6 Å². The Kier molecular flexibility index (Phi) is 5.96. The number of fused-ring (bicyclic) bond motifs is 1. The normalized spacial score (nSPS) is 20.4. The molecule has 0 aliphatic heterocycles. The van der Waals surface area contributed by atoms with Crippen molar-refractivity contribution in [1.82, 2.24) is 14.5 Å². The standard InChI is InChI=1S/C19H27N3O3S/c1-3-10-20-17(23)14-7-5-13(6-8-14)12-22-18(24)16-15(9-11-26-16)21(4-2)19(22)25/h9,11,13-14H,3-8,10,12H2,1-2H3,(H,20,23). The average molecular weight is 378 g/mol. The number of thiophene rings is 1. The first-order valence-electron chi connectivity index (χ1n) is 9.55. The van der Waals surface area contributed by atoms with Crippen LogP contribution >= 0.6 is 11.3 Å². The summed E-state index contributed by atoms with van der Waals surface area (Å²) in [6.07, 6.45) is 4.37. The van der Waals surface area contributed by atoms with Gasteiger partial charge >= 0.3 is 5.69 Å². The largest absolute Gasteiger partial charge is 0.356 e. The molecule has 1 N–H and O–H groups in total. The zero-order chi connectivity index (χ0) is 18.7. The Hall–Kier alpha value is -1.89. The van der Waals surface area contributed by atoms with Gasteiger partial charge in [0, 0.05) is 25.6 Å². The number of aromatic nitrogens is 2. The Labute approximate surface area is 156 Å². The lowest BCUT2D eigenvalue weighted by molar-refractivity contribution is -0.126. The van der Waals surface area contributed by atoms with E-state index < -0.39 is 0 Å². The first kappa shape index (κ1) is 18.9. The summed E-state index contributed by atoms with van der Waals surface area (Å²) in [5, 5.41) is 4.83. The molecule has 1 saturated carbocycles. The number of rotatable bonds is 6. The molecular weight excluding hydrogens is 350 g/mol. The molecule has 142 valence electrons. The summed E-state index contributed by atoms with van der Waals surface area (Å²) in [5.41, 5.74) is 0.346. The zero-order valence-electron chi connectivity index (χ0n) is 15.5. The highest BCUT2D eigenvalue weighted by atomic mass is 32.1. The van der Waals surface area contributed by atoms with Crippen molar-refractivity contribution in [3.8, 4) is 0 Å². The lowest BCUT2D eigenvalue weighted by Crippen LogP contribution is -2.42. The van der Waals surface area contributed by atoms with E-state index in [1.54, 1.807) is 4.57 Å². The first-order chi connectivity index (χ1) is 12.6. The molecule has 1 aliphatic carbocycles. The van der Waals surface area contributed by atoms with Crippen molar-refractivity contribution >= 4 is 27.5 Å². The second-order valence-corrected chi connectivity index (χ2v) is 8.00. The molecule has 1 fully saturated rings. The lowest BCUT2D eigenvalue weighted by atomic mass is 9.81. The van der Waals surface area contributed by atoms with Crippen molar-refractivity contribution in [1.29, 1.82) is 0 Å². The number of hydrogen-bond acceptors (Lipinski definition) is 4. The van der Waals surface area contributed by atoms with E-state index in [0.717, 1.165) is 44.2 Å². The van der Waals surface area contributed by atoms with Gasteiger partial charge in [-0.1, -0.05) is 6.92 Å². The number of carbonyl (C=O) groups is 1. The molecule has 0 unspecified atom stereocenters. The molecule has 2 aromatic rings. The van der Waals surface area contributed by atoms with Crippen LogP contribution in [0.2, 0.25) is 0 Å². The van der Waals surface area contributed by atoms with Crippen LogP contribution in [0.1, 0.15) is 46.0 Å². The van der Waals surface area contributed by atoms with Gasteiger partial charge in [-0.3, -0.25) is 18.7 Å². The predicted octanol–water partition coefficient (Wildman–Crippen LogP) is 2.58. The van der Waals surface area contributed by atoms with Gasteiger partial charge in [0.25, 0.3) is 5.56 Å². The highest BCUT2D eigenvalue weighted by Crippen LogP contribution is 2.29. The predicted molar refractivity (Wildman–Crippen MR) is 105 cm³/mol. The second kappa shape index (κ2) is 8.20. The third-order valence-corrected chi connectivity index (χ3v) is 6.25. The topological polar surface area (TPSA) is 73.1 Å². The summed E-state index contributed by atoms with van der Waals surface area (Å²) >= 11 is 1.39. The van der Waals surface area contributed by atoms with Crippen molar-refractivity contribution in [2.24, 2.45) is 11.8 Å². The fourth-order valence-corrected chi connectivity index (χ4v) is 4.70. The first-order valence-corrected chi connectivity index (χ1v) is 10.4. The van der Waals surface area contributed by atoms with Crippen molar-refractivity contribution in [2.75, 3.05) is 6.54 Å².